The van der Waals surface area contributed by atoms with Crippen LogP contribution < -0.4 is 5.32 Å². The fourth-order valence-corrected chi connectivity index (χ4v) is 3.92. The largest absolute Gasteiger partial charge is 0.382 e. The van der Waals surface area contributed by atoms with Gasteiger partial charge in [0.25, 0.3) is 0 Å². The van der Waals surface area contributed by atoms with Crippen LogP contribution in [0.1, 0.15) is 25.7 Å². The van der Waals surface area contributed by atoms with Crippen LogP contribution in [0.2, 0.25) is 0 Å². The summed E-state index contributed by atoms with van der Waals surface area (Å²) >= 11 is 0. The Labute approximate surface area is 125 Å². The Morgan fingerprint density at radius 1 is 1.14 bits per heavy atom. The van der Waals surface area contributed by atoms with Gasteiger partial charge in [0.15, 0.2) is 0 Å². The van der Waals surface area contributed by atoms with Gasteiger partial charge in [-0.05, 0) is 57.0 Å². The Balaban J connectivity index is 1.49. The topological polar surface area (TPSA) is 33.1 Å². The van der Waals surface area contributed by atoms with E-state index in [0.29, 0.717) is 6.04 Å². The second-order valence-corrected chi connectivity index (χ2v) is 6.36. The van der Waals surface area contributed by atoms with Gasteiger partial charge in [-0.15, -0.1) is 0 Å². The van der Waals surface area contributed by atoms with Gasteiger partial charge in [0.1, 0.15) is 0 Å². The fraction of sp³-hybridized carbons (Fsp3) is 0.471. The van der Waals surface area contributed by atoms with Crippen LogP contribution in [0.15, 0.2) is 42.7 Å². The van der Waals surface area contributed by atoms with Crippen LogP contribution in [0.3, 0.4) is 0 Å². The summed E-state index contributed by atoms with van der Waals surface area (Å²) in [4.78, 5) is 2.58. The molecule has 0 aliphatic carbocycles. The fourth-order valence-electron chi connectivity index (χ4n) is 3.92. The highest BCUT2D eigenvalue weighted by molar-refractivity contribution is 5.51. The summed E-state index contributed by atoms with van der Waals surface area (Å²) in [5, 5.41) is 8.04. The lowest BCUT2D eigenvalue weighted by Crippen LogP contribution is -2.44. The Bertz CT molecular complexity index is 593. The molecule has 2 aliphatic heterocycles. The standard InChI is InChI=1S/C17H22N4/c1-20-15-6-7-16(20)12-14(11-15)19-13-4-2-5-17(10-13)21-9-3-8-18-21/h2-5,8-10,14-16,19H,6-7,11-12H2,1H3. The molecule has 110 valence electrons. The van der Waals surface area contributed by atoms with Crippen molar-refractivity contribution in [2.75, 3.05) is 12.4 Å². The lowest BCUT2D eigenvalue weighted by Gasteiger charge is -2.37. The van der Waals surface area contributed by atoms with E-state index in [1.165, 1.54) is 31.4 Å². The molecule has 2 bridgehead atoms. The number of anilines is 1. The molecule has 0 amide bonds. The monoisotopic (exact) mass is 282 g/mol. The minimum atomic E-state index is 0.603. The van der Waals surface area contributed by atoms with Crippen molar-refractivity contribution in [2.24, 2.45) is 0 Å². The summed E-state index contributed by atoms with van der Waals surface area (Å²) in [5.41, 5.74) is 2.32. The highest BCUT2D eigenvalue weighted by atomic mass is 15.3. The van der Waals surface area contributed by atoms with Crippen LogP contribution in [0.4, 0.5) is 5.69 Å². The molecule has 4 rings (SSSR count). The van der Waals surface area contributed by atoms with Crippen LogP contribution in [0.5, 0.6) is 0 Å². The van der Waals surface area contributed by atoms with E-state index in [9.17, 15) is 0 Å². The normalized spacial score (nSPS) is 28.7. The minimum absolute atomic E-state index is 0.603. The number of aromatic nitrogens is 2. The van der Waals surface area contributed by atoms with Gasteiger partial charge in [0.2, 0.25) is 0 Å². The molecule has 1 N–H and O–H groups in total. The Morgan fingerprint density at radius 2 is 1.95 bits per heavy atom. The predicted molar refractivity (Wildman–Crippen MR) is 84.8 cm³/mol. The molecule has 1 aromatic carbocycles. The van der Waals surface area contributed by atoms with Crippen LogP contribution in [0.25, 0.3) is 5.69 Å². The average Bonchev–Trinajstić information content (AvgIpc) is 3.08. The Hall–Kier alpha value is -1.81. The van der Waals surface area contributed by atoms with Gasteiger partial charge in [-0.25, -0.2) is 4.68 Å². The number of nitrogens with zero attached hydrogens (tertiary/aromatic N) is 3. The quantitative estimate of drug-likeness (QED) is 0.939. The first-order valence-corrected chi connectivity index (χ1v) is 7.88. The number of nitrogens with one attached hydrogen (secondary N) is 1. The first-order chi connectivity index (χ1) is 10.3. The van der Waals surface area contributed by atoms with E-state index < -0.39 is 0 Å². The first kappa shape index (κ1) is 12.9. The zero-order valence-corrected chi connectivity index (χ0v) is 12.4. The number of benzene rings is 1. The van der Waals surface area contributed by atoms with Crippen LogP contribution >= 0.6 is 0 Å². The molecular weight excluding hydrogens is 260 g/mol. The molecule has 2 atom stereocenters. The van der Waals surface area contributed by atoms with Gasteiger partial charge in [0, 0.05) is 36.2 Å². The number of rotatable bonds is 3. The molecule has 4 heteroatoms. The third-order valence-corrected chi connectivity index (χ3v) is 5.08. The zero-order valence-electron chi connectivity index (χ0n) is 12.4. The Kier molecular flexibility index (Phi) is 3.19. The van der Waals surface area contributed by atoms with E-state index in [-0.39, 0.29) is 0 Å². The predicted octanol–water partition coefficient (Wildman–Crippen LogP) is 2.91. The van der Waals surface area contributed by atoms with Crippen molar-refractivity contribution in [1.29, 1.82) is 0 Å². The van der Waals surface area contributed by atoms with Crippen LogP contribution in [-0.2, 0) is 0 Å². The van der Waals surface area contributed by atoms with E-state index in [4.69, 9.17) is 0 Å². The molecule has 0 spiro atoms. The number of fused-ring (bicyclic) bond motifs is 2. The molecule has 2 fully saturated rings. The van der Waals surface area contributed by atoms with Crippen molar-refractivity contribution >= 4 is 5.69 Å². The summed E-state index contributed by atoms with van der Waals surface area (Å²) in [6.07, 6.45) is 9.06. The lowest BCUT2D eigenvalue weighted by atomic mass is 9.98. The first-order valence-electron chi connectivity index (χ1n) is 7.88. The van der Waals surface area contributed by atoms with Crippen molar-refractivity contribution < 1.29 is 0 Å². The van der Waals surface area contributed by atoms with Gasteiger partial charge >= 0.3 is 0 Å². The van der Waals surface area contributed by atoms with E-state index in [2.05, 4.69) is 46.6 Å². The van der Waals surface area contributed by atoms with E-state index >= 15 is 0 Å². The lowest BCUT2D eigenvalue weighted by molar-refractivity contribution is 0.169. The third kappa shape index (κ3) is 2.44. The summed E-state index contributed by atoms with van der Waals surface area (Å²) < 4.78 is 1.91. The average molecular weight is 282 g/mol. The molecular formula is C17H22N4. The molecule has 21 heavy (non-hydrogen) atoms. The van der Waals surface area contributed by atoms with Gasteiger partial charge in [-0.2, -0.15) is 5.10 Å². The summed E-state index contributed by atoms with van der Waals surface area (Å²) in [7, 11) is 2.29. The van der Waals surface area contributed by atoms with Crippen LogP contribution in [-0.4, -0.2) is 39.9 Å². The van der Waals surface area contributed by atoms with E-state index in [0.717, 1.165) is 17.8 Å². The third-order valence-electron chi connectivity index (χ3n) is 5.08. The van der Waals surface area contributed by atoms with Gasteiger partial charge in [-0.1, -0.05) is 6.07 Å². The summed E-state index contributed by atoms with van der Waals surface area (Å²) in [6.45, 7) is 0. The Morgan fingerprint density at radius 3 is 2.67 bits per heavy atom. The second-order valence-electron chi connectivity index (χ2n) is 6.36. The van der Waals surface area contributed by atoms with Gasteiger partial charge < -0.3 is 10.2 Å². The molecule has 3 heterocycles. The van der Waals surface area contributed by atoms with Gasteiger partial charge in [-0.3, -0.25) is 0 Å². The zero-order chi connectivity index (χ0) is 14.2. The highest BCUT2D eigenvalue weighted by Gasteiger charge is 2.38. The molecule has 4 nitrogen and oxygen atoms in total. The molecule has 2 aromatic rings. The maximum Gasteiger partial charge on any atom is 0.0666 e. The van der Waals surface area contributed by atoms with Crippen molar-refractivity contribution in [1.82, 2.24) is 14.7 Å². The van der Waals surface area contributed by atoms with Crippen LogP contribution in [0, 0.1) is 0 Å². The SMILES string of the molecule is CN1C2CCC1CC(Nc1cccc(-n3cccn3)c1)C2. The molecule has 2 saturated heterocycles. The molecule has 2 aliphatic rings. The minimum Gasteiger partial charge on any atom is -0.382 e. The molecule has 2 unspecified atom stereocenters. The van der Waals surface area contributed by atoms with Crippen molar-refractivity contribution in [2.45, 2.75) is 43.8 Å². The molecule has 1 aromatic heterocycles. The van der Waals surface area contributed by atoms with Gasteiger partial charge in [0.05, 0.1) is 5.69 Å². The van der Waals surface area contributed by atoms with E-state index in [1.54, 1.807) is 0 Å². The smallest absolute Gasteiger partial charge is 0.0666 e. The van der Waals surface area contributed by atoms with Crippen molar-refractivity contribution in [3.8, 4) is 5.69 Å². The van der Waals surface area contributed by atoms with E-state index in [1.807, 2.05) is 23.1 Å². The van der Waals surface area contributed by atoms with Crippen molar-refractivity contribution in [3.05, 3.63) is 42.7 Å². The molecule has 0 radical (unpaired) electrons. The maximum absolute atomic E-state index is 4.30. The number of hydrogen-bond donors (Lipinski definition) is 1. The number of piperidine rings is 1. The van der Waals surface area contributed by atoms with Crippen molar-refractivity contribution in [3.63, 3.8) is 0 Å². The summed E-state index contributed by atoms with van der Waals surface area (Å²) in [5.74, 6) is 0. The number of hydrogen-bond acceptors (Lipinski definition) is 3. The molecule has 0 saturated carbocycles. The maximum atomic E-state index is 4.30. The highest BCUT2D eigenvalue weighted by Crippen LogP contribution is 2.35. The second kappa shape index (κ2) is 5.19. The summed E-state index contributed by atoms with van der Waals surface area (Å²) in [6, 6.07) is 12.6.